The van der Waals surface area contributed by atoms with Gasteiger partial charge < -0.3 is 10.6 Å². The van der Waals surface area contributed by atoms with Crippen LogP contribution in [0.25, 0.3) is 0 Å². The number of nitrogens with zero attached hydrogens (tertiary/aromatic N) is 3. The SMILES string of the molecule is Cc1cc(NCc2ccncc2)nc(NCc2ccc(F)cc2)n1. The van der Waals surface area contributed by atoms with Gasteiger partial charge in [-0.05, 0) is 42.3 Å². The first-order chi connectivity index (χ1) is 11.7. The molecule has 3 aromatic rings. The summed E-state index contributed by atoms with van der Waals surface area (Å²) < 4.78 is 12.9. The van der Waals surface area contributed by atoms with Crippen LogP contribution in [0, 0.1) is 12.7 Å². The minimum Gasteiger partial charge on any atom is -0.366 e. The number of anilines is 2. The number of nitrogens with one attached hydrogen (secondary N) is 2. The van der Waals surface area contributed by atoms with Gasteiger partial charge in [0, 0.05) is 37.2 Å². The predicted molar refractivity (Wildman–Crippen MR) is 92.1 cm³/mol. The molecule has 0 aliphatic carbocycles. The highest BCUT2D eigenvalue weighted by Crippen LogP contribution is 2.12. The van der Waals surface area contributed by atoms with Gasteiger partial charge in [-0.25, -0.2) is 9.37 Å². The maximum absolute atomic E-state index is 12.9. The van der Waals surface area contributed by atoms with Gasteiger partial charge in [-0.2, -0.15) is 4.98 Å². The van der Waals surface area contributed by atoms with E-state index in [1.165, 1.54) is 12.1 Å². The number of pyridine rings is 1. The zero-order valence-corrected chi connectivity index (χ0v) is 13.3. The summed E-state index contributed by atoms with van der Waals surface area (Å²) in [6, 6.07) is 12.2. The fourth-order valence-electron chi connectivity index (χ4n) is 2.21. The van der Waals surface area contributed by atoms with E-state index in [1.807, 2.05) is 25.1 Å². The van der Waals surface area contributed by atoms with Crippen molar-refractivity contribution in [2.45, 2.75) is 20.0 Å². The van der Waals surface area contributed by atoms with Crippen molar-refractivity contribution in [3.05, 3.63) is 77.5 Å². The van der Waals surface area contributed by atoms with Crippen molar-refractivity contribution in [2.75, 3.05) is 10.6 Å². The lowest BCUT2D eigenvalue weighted by Crippen LogP contribution is -2.08. The fourth-order valence-corrected chi connectivity index (χ4v) is 2.21. The van der Waals surface area contributed by atoms with Crippen LogP contribution in [-0.2, 0) is 13.1 Å². The van der Waals surface area contributed by atoms with Crippen LogP contribution < -0.4 is 10.6 Å². The third kappa shape index (κ3) is 4.49. The van der Waals surface area contributed by atoms with Crippen LogP contribution in [0.2, 0.25) is 0 Å². The minimum absolute atomic E-state index is 0.242. The van der Waals surface area contributed by atoms with Gasteiger partial charge in [0.05, 0.1) is 0 Å². The van der Waals surface area contributed by atoms with Crippen LogP contribution in [0.15, 0.2) is 54.9 Å². The predicted octanol–water partition coefficient (Wildman–Crippen LogP) is 3.54. The van der Waals surface area contributed by atoms with Gasteiger partial charge in [-0.1, -0.05) is 12.1 Å². The van der Waals surface area contributed by atoms with Crippen LogP contribution in [0.4, 0.5) is 16.2 Å². The second kappa shape index (κ2) is 7.50. The van der Waals surface area contributed by atoms with E-state index in [-0.39, 0.29) is 5.82 Å². The van der Waals surface area contributed by atoms with Crippen molar-refractivity contribution >= 4 is 11.8 Å². The highest BCUT2D eigenvalue weighted by Gasteiger charge is 2.03. The molecule has 2 aromatic heterocycles. The quantitative estimate of drug-likeness (QED) is 0.726. The molecule has 0 bridgehead atoms. The Morgan fingerprint density at radius 3 is 2.29 bits per heavy atom. The Morgan fingerprint density at radius 1 is 0.875 bits per heavy atom. The molecule has 0 saturated heterocycles. The van der Waals surface area contributed by atoms with Gasteiger partial charge in [0.2, 0.25) is 5.95 Å². The molecule has 122 valence electrons. The molecule has 0 saturated carbocycles. The molecular weight excluding hydrogens is 305 g/mol. The summed E-state index contributed by atoms with van der Waals surface area (Å²) in [5.41, 5.74) is 2.96. The van der Waals surface area contributed by atoms with E-state index < -0.39 is 0 Å². The molecule has 1 aromatic carbocycles. The molecule has 0 radical (unpaired) electrons. The van der Waals surface area contributed by atoms with Gasteiger partial charge in [0.25, 0.3) is 0 Å². The molecule has 0 fully saturated rings. The average Bonchev–Trinajstić information content (AvgIpc) is 2.60. The summed E-state index contributed by atoms with van der Waals surface area (Å²) in [6.45, 7) is 3.12. The number of halogens is 1. The van der Waals surface area contributed by atoms with Crippen LogP contribution in [0.3, 0.4) is 0 Å². The summed E-state index contributed by atoms with van der Waals surface area (Å²) >= 11 is 0. The van der Waals surface area contributed by atoms with E-state index in [1.54, 1.807) is 24.5 Å². The topological polar surface area (TPSA) is 62.7 Å². The Bertz CT molecular complexity index is 790. The Hall–Kier alpha value is -3.02. The van der Waals surface area contributed by atoms with E-state index in [0.29, 0.717) is 19.0 Å². The second-order valence-corrected chi connectivity index (χ2v) is 5.41. The van der Waals surface area contributed by atoms with Crippen molar-refractivity contribution in [3.63, 3.8) is 0 Å². The van der Waals surface area contributed by atoms with Crippen LogP contribution >= 0.6 is 0 Å². The van der Waals surface area contributed by atoms with Gasteiger partial charge in [-0.3, -0.25) is 4.98 Å². The maximum Gasteiger partial charge on any atom is 0.225 e. The standard InChI is InChI=1S/C18H18FN5/c1-13-10-17(21-11-15-6-8-20-9-7-15)24-18(23-13)22-12-14-2-4-16(19)5-3-14/h2-10H,11-12H2,1H3,(H2,21,22,23,24). The Labute approximate surface area is 140 Å². The lowest BCUT2D eigenvalue weighted by atomic mass is 10.2. The zero-order valence-electron chi connectivity index (χ0n) is 13.3. The third-order valence-corrected chi connectivity index (χ3v) is 3.44. The average molecular weight is 323 g/mol. The molecule has 6 heteroatoms. The van der Waals surface area contributed by atoms with Crippen LogP contribution in [-0.4, -0.2) is 15.0 Å². The van der Waals surface area contributed by atoms with E-state index in [9.17, 15) is 4.39 Å². The molecule has 0 spiro atoms. The fraction of sp³-hybridized carbons (Fsp3) is 0.167. The smallest absolute Gasteiger partial charge is 0.225 e. The molecule has 5 nitrogen and oxygen atoms in total. The summed E-state index contributed by atoms with van der Waals surface area (Å²) in [7, 11) is 0. The third-order valence-electron chi connectivity index (χ3n) is 3.44. The molecule has 2 N–H and O–H groups in total. The second-order valence-electron chi connectivity index (χ2n) is 5.41. The lowest BCUT2D eigenvalue weighted by Gasteiger charge is -2.10. The molecule has 3 rings (SSSR count). The van der Waals surface area contributed by atoms with Gasteiger partial charge in [-0.15, -0.1) is 0 Å². The highest BCUT2D eigenvalue weighted by atomic mass is 19.1. The molecule has 0 amide bonds. The monoisotopic (exact) mass is 323 g/mol. The number of aryl methyl sites for hydroxylation is 1. The number of hydrogen-bond donors (Lipinski definition) is 2. The van der Waals surface area contributed by atoms with E-state index in [0.717, 1.165) is 22.6 Å². The van der Waals surface area contributed by atoms with Crippen LogP contribution in [0.5, 0.6) is 0 Å². The molecule has 0 unspecified atom stereocenters. The molecule has 0 aliphatic heterocycles. The Balaban J connectivity index is 1.63. The van der Waals surface area contributed by atoms with Crippen molar-refractivity contribution in [3.8, 4) is 0 Å². The van der Waals surface area contributed by atoms with Crippen molar-refractivity contribution in [1.29, 1.82) is 0 Å². The van der Waals surface area contributed by atoms with Crippen molar-refractivity contribution < 1.29 is 4.39 Å². The minimum atomic E-state index is -0.242. The lowest BCUT2D eigenvalue weighted by molar-refractivity contribution is 0.627. The molecule has 2 heterocycles. The molecule has 0 atom stereocenters. The number of benzene rings is 1. The largest absolute Gasteiger partial charge is 0.366 e. The molecular formula is C18H18FN5. The first-order valence-corrected chi connectivity index (χ1v) is 7.66. The summed E-state index contributed by atoms with van der Waals surface area (Å²) in [4.78, 5) is 12.8. The Kier molecular flexibility index (Phi) is 4.96. The number of hydrogen-bond acceptors (Lipinski definition) is 5. The van der Waals surface area contributed by atoms with Crippen molar-refractivity contribution in [1.82, 2.24) is 15.0 Å². The zero-order chi connectivity index (χ0) is 16.8. The van der Waals surface area contributed by atoms with Crippen molar-refractivity contribution in [2.24, 2.45) is 0 Å². The maximum atomic E-state index is 12.9. The van der Waals surface area contributed by atoms with E-state index in [2.05, 4.69) is 25.6 Å². The highest BCUT2D eigenvalue weighted by molar-refractivity contribution is 5.43. The normalized spacial score (nSPS) is 10.4. The summed E-state index contributed by atoms with van der Waals surface area (Å²) in [5, 5.41) is 6.44. The van der Waals surface area contributed by atoms with E-state index >= 15 is 0 Å². The van der Waals surface area contributed by atoms with E-state index in [4.69, 9.17) is 0 Å². The first-order valence-electron chi connectivity index (χ1n) is 7.66. The first kappa shape index (κ1) is 15.9. The molecule has 24 heavy (non-hydrogen) atoms. The number of aromatic nitrogens is 3. The Morgan fingerprint density at radius 2 is 1.54 bits per heavy atom. The van der Waals surface area contributed by atoms with Gasteiger partial charge >= 0.3 is 0 Å². The summed E-state index contributed by atoms with van der Waals surface area (Å²) in [5.74, 6) is 1.05. The van der Waals surface area contributed by atoms with Gasteiger partial charge in [0.1, 0.15) is 11.6 Å². The summed E-state index contributed by atoms with van der Waals surface area (Å²) in [6.07, 6.45) is 3.52. The molecule has 0 aliphatic rings. The number of rotatable bonds is 6. The van der Waals surface area contributed by atoms with Crippen LogP contribution in [0.1, 0.15) is 16.8 Å². The van der Waals surface area contributed by atoms with Gasteiger partial charge in [0.15, 0.2) is 0 Å².